The average molecular weight is 264 g/mol. The Morgan fingerprint density at radius 2 is 1.61 bits per heavy atom. The average Bonchev–Trinajstić information content (AvgIpc) is 2.39. The zero-order valence-electron chi connectivity index (χ0n) is 10.6. The molecule has 1 atom stereocenters. The molecule has 0 aliphatic heterocycles. The Kier molecular flexibility index (Phi) is 5.20. The maximum absolute atomic E-state index is 5.83. The Morgan fingerprint density at radius 3 is 2.17 bits per heavy atom. The molecule has 2 aromatic carbocycles. The van der Waals surface area contributed by atoms with Crippen molar-refractivity contribution in [1.29, 1.82) is 0 Å². The Labute approximate surface area is 114 Å². The molecule has 2 aromatic rings. The van der Waals surface area contributed by atoms with Gasteiger partial charge < -0.3 is 10.5 Å². The third-order valence-corrected chi connectivity index (χ3v) is 2.85. The van der Waals surface area contributed by atoms with E-state index in [2.05, 4.69) is 30.3 Å². The van der Waals surface area contributed by atoms with Gasteiger partial charge in [-0.05, 0) is 24.1 Å². The number of para-hydroxylation sites is 1. The quantitative estimate of drug-likeness (QED) is 0.914. The molecule has 0 aromatic heterocycles. The van der Waals surface area contributed by atoms with Crippen molar-refractivity contribution in [2.75, 3.05) is 7.11 Å². The lowest BCUT2D eigenvalue weighted by Crippen LogP contribution is -2.04. The zero-order valence-corrected chi connectivity index (χ0v) is 11.4. The summed E-state index contributed by atoms with van der Waals surface area (Å²) in [5.74, 6) is 0.890. The van der Waals surface area contributed by atoms with Gasteiger partial charge in [-0.1, -0.05) is 42.5 Å². The first-order valence-corrected chi connectivity index (χ1v) is 5.71. The van der Waals surface area contributed by atoms with Gasteiger partial charge in [0.15, 0.2) is 0 Å². The third-order valence-electron chi connectivity index (χ3n) is 2.85. The van der Waals surface area contributed by atoms with Crippen LogP contribution in [-0.2, 0) is 0 Å². The van der Waals surface area contributed by atoms with Crippen LogP contribution in [0, 0.1) is 0 Å². The predicted molar refractivity (Wildman–Crippen MR) is 78.3 cm³/mol. The highest BCUT2D eigenvalue weighted by atomic mass is 35.5. The minimum atomic E-state index is 0. The maximum Gasteiger partial charge on any atom is 0.126 e. The molecule has 0 radical (unpaired) electrons. The number of ether oxygens (including phenoxy) is 1. The summed E-state index contributed by atoms with van der Waals surface area (Å²) in [5.41, 5.74) is 9.22. The van der Waals surface area contributed by atoms with Crippen LogP contribution in [0.5, 0.6) is 5.75 Å². The number of methoxy groups -OCH3 is 1. The van der Waals surface area contributed by atoms with Crippen molar-refractivity contribution in [3.63, 3.8) is 0 Å². The molecule has 0 heterocycles. The lowest BCUT2D eigenvalue weighted by molar-refractivity contribution is 0.416. The van der Waals surface area contributed by atoms with Crippen LogP contribution < -0.4 is 10.5 Å². The minimum absolute atomic E-state index is 0. The number of rotatable bonds is 3. The first kappa shape index (κ1) is 14.6. The number of halogens is 1. The van der Waals surface area contributed by atoms with E-state index in [1.165, 1.54) is 0 Å². The Hall–Kier alpha value is -1.51. The third kappa shape index (κ3) is 3.03. The van der Waals surface area contributed by atoms with Crippen molar-refractivity contribution in [1.82, 2.24) is 0 Å². The fourth-order valence-corrected chi connectivity index (χ4v) is 1.85. The second-order valence-electron chi connectivity index (χ2n) is 4.11. The summed E-state index contributed by atoms with van der Waals surface area (Å²) in [5, 5.41) is 0. The molecule has 96 valence electrons. The van der Waals surface area contributed by atoms with Gasteiger partial charge in [-0.25, -0.2) is 0 Å². The summed E-state index contributed by atoms with van der Waals surface area (Å²) in [7, 11) is 1.69. The summed E-state index contributed by atoms with van der Waals surface area (Å²) in [6.07, 6.45) is 0. The highest BCUT2D eigenvalue weighted by Gasteiger charge is 2.05. The smallest absolute Gasteiger partial charge is 0.126 e. The molecule has 0 fully saturated rings. The van der Waals surface area contributed by atoms with Crippen molar-refractivity contribution in [3.8, 4) is 16.9 Å². The van der Waals surface area contributed by atoms with E-state index < -0.39 is 0 Å². The van der Waals surface area contributed by atoms with E-state index in [0.717, 1.165) is 22.4 Å². The molecule has 0 spiro atoms. The van der Waals surface area contributed by atoms with Gasteiger partial charge in [-0.3, -0.25) is 0 Å². The molecule has 2 rings (SSSR count). The van der Waals surface area contributed by atoms with Crippen molar-refractivity contribution < 1.29 is 4.74 Å². The van der Waals surface area contributed by atoms with Crippen LogP contribution in [0.25, 0.3) is 11.1 Å². The van der Waals surface area contributed by atoms with E-state index in [1.807, 2.05) is 25.1 Å². The van der Waals surface area contributed by atoms with Gasteiger partial charge in [0.2, 0.25) is 0 Å². The van der Waals surface area contributed by atoms with Gasteiger partial charge in [0.1, 0.15) is 5.75 Å². The molecule has 0 saturated heterocycles. The molecular weight excluding hydrogens is 246 g/mol. The molecule has 0 aliphatic carbocycles. The normalized spacial score (nSPS) is 11.5. The standard InChI is InChI=1S/C15H17NO.ClH/c1-11(16)12-7-9-13(10-8-12)14-5-3-4-6-15(14)17-2;/h3-11H,16H2,1-2H3;1H. The topological polar surface area (TPSA) is 35.2 Å². The summed E-state index contributed by atoms with van der Waals surface area (Å²) in [4.78, 5) is 0. The Balaban J connectivity index is 0.00000162. The summed E-state index contributed by atoms with van der Waals surface area (Å²) < 4.78 is 5.35. The lowest BCUT2D eigenvalue weighted by Gasteiger charge is -2.10. The van der Waals surface area contributed by atoms with Crippen LogP contribution in [-0.4, -0.2) is 7.11 Å². The van der Waals surface area contributed by atoms with Crippen molar-refractivity contribution >= 4 is 12.4 Å². The van der Waals surface area contributed by atoms with Gasteiger partial charge in [0.25, 0.3) is 0 Å². The van der Waals surface area contributed by atoms with Crippen LogP contribution in [0.4, 0.5) is 0 Å². The van der Waals surface area contributed by atoms with Crippen LogP contribution in [0.2, 0.25) is 0 Å². The molecule has 0 aliphatic rings. The van der Waals surface area contributed by atoms with Gasteiger partial charge in [-0.2, -0.15) is 0 Å². The highest BCUT2D eigenvalue weighted by Crippen LogP contribution is 2.29. The summed E-state index contributed by atoms with van der Waals surface area (Å²) in [6, 6.07) is 16.4. The minimum Gasteiger partial charge on any atom is -0.496 e. The van der Waals surface area contributed by atoms with Gasteiger partial charge in [0, 0.05) is 11.6 Å². The molecule has 2 N–H and O–H groups in total. The van der Waals surface area contributed by atoms with Crippen LogP contribution >= 0.6 is 12.4 Å². The van der Waals surface area contributed by atoms with Crippen molar-refractivity contribution in [2.24, 2.45) is 5.73 Å². The van der Waals surface area contributed by atoms with E-state index in [9.17, 15) is 0 Å². The summed E-state index contributed by atoms with van der Waals surface area (Å²) >= 11 is 0. The second kappa shape index (κ2) is 6.43. The summed E-state index contributed by atoms with van der Waals surface area (Å²) in [6.45, 7) is 1.98. The van der Waals surface area contributed by atoms with E-state index >= 15 is 0 Å². The predicted octanol–water partition coefficient (Wildman–Crippen LogP) is 3.80. The number of nitrogens with two attached hydrogens (primary N) is 1. The maximum atomic E-state index is 5.83. The van der Waals surface area contributed by atoms with E-state index in [4.69, 9.17) is 10.5 Å². The van der Waals surface area contributed by atoms with Gasteiger partial charge >= 0.3 is 0 Å². The second-order valence-corrected chi connectivity index (χ2v) is 4.11. The number of hydrogen-bond donors (Lipinski definition) is 1. The first-order valence-electron chi connectivity index (χ1n) is 5.71. The van der Waals surface area contributed by atoms with E-state index in [1.54, 1.807) is 7.11 Å². The van der Waals surface area contributed by atoms with Crippen molar-refractivity contribution in [2.45, 2.75) is 13.0 Å². The molecule has 0 saturated carbocycles. The molecule has 1 unspecified atom stereocenters. The zero-order chi connectivity index (χ0) is 12.3. The molecule has 3 heteroatoms. The van der Waals surface area contributed by atoms with Crippen LogP contribution in [0.1, 0.15) is 18.5 Å². The molecular formula is C15H18ClNO. The highest BCUT2D eigenvalue weighted by molar-refractivity contribution is 5.85. The van der Waals surface area contributed by atoms with Gasteiger partial charge in [0.05, 0.1) is 7.11 Å². The van der Waals surface area contributed by atoms with E-state index in [-0.39, 0.29) is 18.4 Å². The fraction of sp³-hybridized carbons (Fsp3) is 0.200. The van der Waals surface area contributed by atoms with Crippen LogP contribution in [0.3, 0.4) is 0 Å². The van der Waals surface area contributed by atoms with Gasteiger partial charge in [-0.15, -0.1) is 12.4 Å². The molecule has 18 heavy (non-hydrogen) atoms. The lowest BCUT2D eigenvalue weighted by atomic mass is 10.0. The molecule has 0 amide bonds. The van der Waals surface area contributed by atoms with Crippen molar-refractivity contribution in [3.05, 3.63) is 54.1 Å². The molecule has 2 nitrogen and oxygen atoms in total. The monoisotopic (exact) mass is 263 g/mol. The Morgan fingerprint density at radius 1 is 1.00 bits per heavy atom. The fourth-order valence-electron chi connectivity index (χ4n) is 1.85. The SMILES string of the molecule is COc1ccccc1-c1ccc(C(C)N)cc1.Cl. The Bertz CT molecular complexity index is 494. The van der Waals surface area contributed by atoms with Crippen LogP contribution in [0.15, 0.2) is 48.5 Å². The van der Waals surface area contributed by atoms with E-state index in [0.29, 0.717) is 0 Å². The largest absolute Gasteiger partial charge is 0.496 e. The number of hydrogen-bond acceptors (Lipinski definition) is 2. The first-order chi connectivity index (χ1) is 8.22. The number of benzene rings is 2. The molecule has 0 bridgehead atoms.